The first-order valence-corrected chi connectivity index (χ1v) is 4.37. The molecule has 13 heavy (non-hydrogen) atoms. The molecule has 3 heteroatoms. The summed E-state index contributed by atoms with van der Waals surface area (Å²) in [5, 5.41) is 9.23. The fourth-order valence-corrected chi connectivity index (χ4v) is 1.44. The maximum Gasteiger partial charge on any atom is 0.182 e. The van der Waals surface area contributed by atoms with Crippen molar-refractivity contribution in [3.63, 3.8) is 0 Å². The maximum absolute atomic E-state index is 11.1. The highest BCUT2D eigenvalue weighted by Crippen LogP contribution is 2.02. The fraction of sp³-hybridized carbons (Fsp3) is 0.500. The Hall–Kier alpha value is -1.09. The Balaban J connectivity index is 3.13. The van der Waals surface area contributed by atoms with E-state index in [4.69, 9.17) is 0 Å². The van der Waals surface area contributed by atoms with Gasteiger partial charge in [-0.2, -0.15) is 0 Å². The van der Waals surface area contributed by atoms with Gasteiger partial charge >= 0.3 is 0 Å². The maximum atomic E-state index is 11.1. The Morgan fingerprint density at radius 1 is 1.38 bits per heavy atom. The van der Waals surface area contributed by atoms with Crippen molar-refractivity contribution in [1.82, 2.24) is 4.57 Å². The van der Waals surface area contributed by atoms with Gasteiger partial charge in [-0.1, -0.05) is 0 Å². The molecule has 1 rings (SSSR count). The monoisotopic (exact) mass is 181 g/mol. The van der Waals surface area contributed by atoms with Crippen molar-refractivity contribution >= 4 is 0 Å². The number of hydrogen-bond donors (Lipinski definition) is 1. The molecule has 1 heterocycles. The van der Waals surface area contributed by atoms with Gasteiger partial charge < -0.3 is 9.67 Å². The summed E-state index contributed by atoms with van der Waals surface area (Å²) < 4.78 is 1.94. The van der Waals surface area contributed by atoms with Crippen molar-refractivity contribution in [3.05, 3.63) is 33.7 Å². The van der Waals surface area contributed by atoms with E-state index < -0.39 is 0 Å². The van der Waals surface area contributed by atoms with E-state index in [-0.39, 0.29) is 11.5 Å². The van der Waals surface area contributed by atoms with Crippen LogP contribution in [0.2, 0.25) is 0 Å². The second kappa shape index (κ2) is 3.75. The topological polar surface area (TPSA) is 42.2 Å². The van der Waals surface area contributed by atoms with Crippen LogP contribution in [0.15, 0.2) is 16.9 Å². The Kier molecular flexibility index (Phi) is 2.88. The standard InChI is InChI=1S/C10H15NO2/c1-7-4-10(13)5-8(2)11(7)6-9(3)12/h4-5,9,12H,6H2,1-3H3. The summed E-state index contributed by atoms with van der Waals surface area (Å²) in [6.07, 6.45) is -0.389. The predicted octanol–water partition coefficient (Wildman–Crippen LogP) is 0.846. The highest BCUT2D eigenvalue weighted by Gasteiger charge is 2.03. The molecule has 3 nitrogen and oxygen atoms in total. The molecule has 0 bridgehead atoms. The minimum Gasteiger partial charge on any atom is -0.392 e. The summed E-state index contributed by atoms with van der Waals surface area (Å²) in [7, 11) is 0. The van der Waals surface area contributed by atoms with Crippen molar-refractivity contribution in [2.24, 2.45) is 0 Å². The van der Waals surface area contributed by atoms with Crippen molar-refractivity contribution in [1.29, 1.82) is 0 Å². The molecular formula is C10H15NO2. The number of aryl methyl sites for hydroxylation is 2. The zero-order chi connectivity index (χ0) is 10.0. The van der Waals surface area contributed by atoms with Gasteiger partial charge in [0.2, 0.25) is 0 Å². The van der Waals surface area contributed by atoms with Gasteiger partial charge in [-0.15, -0.1) is 0 Å². The average Bonchev–Trinajstić information content (AvgIpc) is 1.96. The molecular weight excluding hydrogens is 166 g/mol. The van der Waals surface area contributed by atoms with Gasteiger partial charge in [0, 0.05) is 30.1 Å². The van der Waals surface area contributed by atoms with Crippen LogP contribution in [0.3, 0.4) is 0 Å². The minimum atomic E-state index is -0.389. The molecule has 72 valence electrons. The van der Waals surface area contributed by atoms with Crippen LogP contribution in [0, 0.1) is 13.8 Å². The van der Waals surface area contributed by atoms with E-state index in [1.54, 1.807) is 19.1 Å². The third kappa shape index (κ3) is 2.42. The lowest BCUT2D eigenvalue weighted by molar-refractivity contribution is 0.171. The predicted molar refractivity (Wildman–Crippen MR) is 51.9 cm³/mol. The van der Waals surface area contributed by atoms with Crippen LogP contribution in [-0.4, -0.2) is 15.8 Å². The molecule has 0 amide bonds. The molecule has 0 saturated carbocycles. The summed E-state index contributed by atoms with van der Waals surface area (Å²) in [6.45, 7) is 6.02. The van der Waals surface area contributed by atoms with Crippen molar-refractivity contribution in [2.75, 3.05) is 0 Å². The molecule has 0 aliphatic heterocycles. The van der Waals surface area contributed by atoms with E-state index in [9.17, 15) is 9.90 Å². The zero-order valence-corrected chi connectivity index (χ0v) is 8.24. The smallest absolute Gasteiger partial charge is 0.182 e. The van der Waals surface area contributed by atoms with Crippen LogP contribution in [0.5, 0.6) is 0 Å². The summed E-state index contributed by atoms with van der Waals surface area (Å²) in [5.41, 5.74) is 1.81. The normalized spacial score (nSPS) is 12.9. The van der Waals surface area contributed by atoms with E-state index in [1.165, 1.54) is 0 Å². The Bertz CT molecular complexity index is 326. The summed E-state index contributed by atoms with van der Waals surface area (Å²) in [5.74, 6) is 0. The third-order valence-corrected chi connectivity index (χ3v) is 2.00. The first-order chi connectivity index (χ1) is 6.00. The number of hydrogen-bond acceptors (Lipinski definition) is 2. The van der Waals surface area contributed by atoms with Crippen LogP contribution in [0.1, 0.15) is 18.3 Å². The van der Waals surface area contributed by atoms with Gasteiger partial charge in [0.15, 0.2) is 5.43 Å². The largest absolute Gasteiger partial charge is 0.392 e. The number of rotatable bonds is 2. The van der Waals surface area contributed by atoms with Crippen LogP contribution in [-0.2, 0) is 6.54 Å². The lowest BCUT2D eigenvalue weighted by Crippen LogP contribution is -2.19. The van der Waals surface area contributed by atoms with Crippen molar-refractivity contribution in [3.8, 4) is 0 Å². The number of aliphatic hydroxyl groups excluding tert-OH is 1. The fourth-order valence-electron chi connectivity index (χ4n) is 1.44. The van der Waals surface area contributed by atoms with Gasteiger partial charge in [-0.3, -0.25) is 4.79 Å². The molecule has 0 saturated heterocycles. The van der Waals surface area contributed by atoms with E-state index in [0.717, 1.165) is 11.4 Å². The molecule has 0 radical (unpaired) electrons. The zero-order valence-electron chi connectivity index (χ0n) is 8.24. The van der Waals surface area contributed by atoms with Gasteiger partial charge in [-0.25, -0.2) is 0 Å². The Morgan fingerprint density at radius 2 is 1.85 bits per heavy atom. The SMILES string of the molecule is Cc1cc(=O)cc(C)n1CC(C)O. The van der Waals surface area contributed by atoms with Gasteiger partial charge in [0.05, 0.1) is 6.10 Å². The molecule has 0 spiro atoms. The highest BCUT2D eigenvalue weighted by atomic mass is 16.3. The summed E-state index contributed by atoms with van der Waals surface area (Å²) >= 11 is 0. The summed E-state index contributed by atoms with van der Waals surface area (Å²) in [6, 6.07) is 3.16. The van der Waals surface area contributed by atoms with Crippen LogP contribution >= 0.6 is 0 Å². The lowest BCUT2D eigenvalue weighted by Gasteiger charge is -2.15. The van der Waals surface area contributed by atoms with Gasteiger partial charge in [-0.05, 0) is 20.8 Å². The van der Waals surface area contributed by atoms with E-state index in [0.29, 0.717) is 6.54 Å². The Morgan fingerprint density at radius 3 is 2.23 bits per heavy atom. The first-order valence-electron chi connectivity index (χ1n) is 4.37. The van der Waals surface area contributed by atoms with Crippen LogP contribution in [0.4, 0.5) is 0 Å². The summed E-state index contributed by atoms with van der Waals surface area (Å²) in [4.78, 5) is 11.1. The van der Waals surface area contributed by atoms with E-state index in [2.05, 4.69) is 0 Å². The number of nitrogens with zero attached hydrogens (tertiary/aromatic N) is 1. The second-order valence-electron chi connectivity index (χ2n) is 3.43. The number of pyridine rings is 1. The average molecular weight is 181 g/mol. The minimum absolute atomic E-state index is 0.0249. The molecule has 1 unspecified atom stereocenters. The van der Waals surface area contributed by atoms with Gasteiger partial charge in [0.1, 0.15) is 0 Å². The second-order valence-corrected chi connectivity index (χ2v) is 3.43. The van der Waals surface area contributed by atoms with Crippen LogP contribution in [0.25, 0.3) is 0 Å². The molecule has 1 atom stereocenters. The lowest BCUT2D eigenvalue weighted by atomic mass is 10.2. The third-order valence-electron chi connectivity index (χ3n) is 2.00. The van der Waals surface area contributed by atoms with Gasteiger partial charge in [0.25, 0.3) is 0 Å². The Labute approximate surface area is 77.6 Å². The first kappa shape index (κ1) is 9.99. The molecule has 1 aromatic rings. The van der Waals surface area contributed by atoms with Crippen molar-refractivity contribution < 1.29 is 5.11 Å². The molecule has 1 N–H and O–H groups in total. The van der Waals surface area contributed by atoms with Crippen LogP contribution < -0.4 is 5.43 Å². The van der Waals surface area contributed by atoms with Crippen molar-refractivity contribution in [2.45, 2.75) is 33.4 Å². The van der Waals surface area contributed by atoms with E-state index in [1.807, 2.05) is 18.4 Å². The quantitative estimate of drug-likeness (QED) is 0.734. The molecule has 0 fully saturated rings. The number of aliphatic hydroxyl groups is 1. The molecule has 0 aliphatic carbocycles. The molecule has 1 aromatic heterocycles. The highest BCUT2D eigenvalue weighted by molar-refractivity contribution is 5.12. The molecule has 0 aromatic carbocycles. The number of aromatic nitrogens is 1. The van der Waals surface area contributed by atoms with E-state index >= 15 is 0 Å². The molecule has 0 aliphatic rings.